The Morgan fingerprint density at radius 1 is 1.16 bits per heavy atom. The third-order valence-corrected chi connectivity index (χ3v) is 4.48. The van der Waals surface area contributed by atoms with E-state index in [9.17, 15) is 0 Å². The van der Waals surface area contributed by atoms with Crippen LogP contribution in [0, 0.1) is 5.41 Å². The molecule has 1 aromatic rings. The second-order valence-electron chi connectivity index (χ2n) is 7.05. The van der Waals surface area contributed by atoms with Crippen LogP contribution in [0.3, 0.4) is 0 Å². The van der Waals surface area contributed by atoms with Crippen molar-refractivity contribution in [2.75, 3.05) is 0 Å². The normalized spacial score (nSPS) is 24.7. The number of hydrogen-bond donors (Lipinski definition) is 1. The lowest BCUT2D eigenvalue weighted by Gasteiger charge is -2.24. The summed E-state index contributed by atoms with van der Waals surface area (Å²) in [6.07, 6.45) is 7.96. The molecule has 2 rings (SSSR count). The summed E-state index contributed by atoms with van der Waals surface area (Å²) >= 11 is 0. The quantitative estimate of drug-likeness (QED) is 0.781. The molecule has 19 heavy (non-hydrogen) atoms. The summed E-state index contributed by atoms with van der Waals surface area (Å²) in [5.41, 5.74) is 2.00. The predicted octanol–water partition coefficient (Wildman–Crippen LogP) is 4.57. The Balaban J connectivity index is 1.80. The van der Waals surface area contributed by atoms with Gasteiger partial charge in [-0.3, -0.25) is 0 Å². The van der Waals surface area contributed by atoms with Gasteiger partial charge in [0, 0.05) is 12.1 Å². The molecule has 1 saturated carbocycles. The molecule has 106 valence electrons. The summed E-state index contributed by atoms with van der Waals surface area (Å²) in [5.74, 6) is 0. The Hall–Kier alpha value is -0.820. The van der Waals surface area contributed by atoms with Crippen molar-refractivity contribution < 1.29 is 0 Å². The molecule has 2 unspecified atom stereocenters. The molecule has 1 heteroatoms. The Bertz CT molecular complexity index is 369. The first-order chi connectivity index (χ1) is 9.05. The van der Waals surface area contributed by atoms with Gasteiger partial charge in [0.1, 0.15) is 0 Å². The van der Waals surface area contributed by atoms with Gasteiger partial charge in [-0.15, -0.1) is 0 Å². The number of nitrogens with one attached hydrogen (secondary N) is 1. The summed E-state index contributed by atoms with van der Waals surface area (Å²) in [7, 11) is 0. The maximum Gasteiger partial charge on any atom is 0.00817 e. The highest BCUT2D eigenvalue weighted by Gasteiger charge is 2.24. The van der Waals surface area contributed by atoms with E-state index < -0.39 is 0 Å². The lowest BCUT2D eigenvalue weighted by atomic mass is 9.85. The largest absolute Gasteiger partial charge is 0.311 e. The highest BCUT2D eigenvalue weighted by atomic mass is 14.9. The molecule has 1 nitrogen and oxygen atoms in total. The van der Waals surface area contributed by atoms with Crippen LogP contribution in [0.5, 0.6) is 0 Å². The first-order valence-electron chi connectivity index (χ1n) is 7.85. The highest BCUT2D eigenvalue weighted by molar-refractivity contribution is 5.15. The predicted molar refractivity (Wildman–Crippen MR) is 83.4 cm³/mol. The van der Waals surface area contributed by atoms with E-state index in [1.165, 1.54) is 37.7 Å². The van der Waals surface area contributed by atoms with Crippen molar-refractivity contribution >= 4 is 0 Å². The van der Waals surface area contributed by atoms with Gasteiger partial charge in [0.15, 0.2) is 0 Å². The molecule has 1 aliphatic rings. The van der Waals surface area contributed by atoms with Crippen molar-refractivity contribution in [1.29, 1.82) is 0 Å². The van der Waals surface area contributed by atoms with Crippen molar-refractivity contribution in [3.63, 3.8) is 0 Å². The Labute approximate surface area is 118 Å². The van der Waals surface area contributed by atoms with Gasteiger partial charge in [0.2, 0.25) is 0 Å². The van der Waals surface area contributed by atoms with E-state index in [1.54, 1.807) is 0 Å². The Kier molecular flexibility index (Phi) is 5.04. The molecule has 0 spiro atoms. The van der Waals surface area contributed by atoms with Crippen molar-refractivity contribution in [1.82, 2.24) is 5.32 Å². The molecule has 0 heterocycles. The SMILES string of the molecule is CC(Cc1ccccc1)NC1CCCC(C)(C)CC1. The van der Waals surface area contributed by atoms with Gasteiger partial charge in [-0.25, -0.2) is 0 Å². The van der Waals surface area contributed by atoms with E-state index in [1.807, 2.05) is 0 Å². The molecule has 2 atom stereocenters. The van der Waals surface area contributed by atoms with E-state index in [0.29, 0.717) is 11.5 Å². The number of hydrogen-bond acceptors (Lipinski definition) is 1. The number of rotatable bonds is 4. The summed E-state index contributed by atoms with van der Waals surface area (Å²) in [6, 6.07) is 12.1. The van der Waals surface area contributed by atoms with Gasteiger partial charge in [-0.2, -0.15) is 0 Å². The number of benzene rings is 1. The van der Waals surface area contributed by atoms with E-state index in [2.05, 4.69) is 56.4 Å². The van der Waals surface area contributed by atoms with Crippen LogP contribution in [-0.4, -0.2) is 12.1 Å². The van der Waals surface area contributed by atoms with Crippen LogP contribution in [-0.2, 0) is 6.42 Å². The first kappa shape index (κ1) is 14.6. The van der Waals surface area contributed by atoms with Gasteiger partial charge in [0.05, 0.1) is 0 Å². The first-order valence-corrected chi connectivity index (χ1v) is 7.85. The third-order valence-electron chi connectivity index (χ3n) is 4.48. The van der Waals surface area contributed by atoms with Gasteiger partial charge < -0.3 is 5.32 Å². The van der Waals surface area contributed by atoms with Gasteiger partial charge in [0.25, 0.3) is 0 Å². The molecule has 1 N–H and O–H groups in total. The van der Waals surface area contributed by atoms with Crippen LogP contribution in [0.25, 0.3) is 0 Å². The molecule has 0 aromatic heterocycles. The maximum atomic E-state index is 3.85. The summed E-state index contributed by atoms with van der Waals surface area (Å²) in [6.45, 7) is 7.16. The zero-order chi connectivity index (χ0) is 13.7. The molecule has 0 aliphatic heterocycles. The lowest BCUT2D eigenvalue weighted by Crippen LogP contribution is -2.37. The van der Waals surface area contributed by atoms with E-state index >= 15 is 0 Å². The fourth-order valence-corrected chi connectivity index (χ4v) is 3.26. The van der Waals surface area contributed by atoms with Crippen molar-refractivity contribution in [3.05, 3.63) is 35.9 Å². The van der Waals surface area contributed by atoms with Gasteiger partial charge in [-0.1, -0.05) is 50.6 Å². The third kappa shape index (κ3) is 4.99. The van der Waals surface area contributed by atoms with E-state index in [4.69, 9.17) is 0 Å². The second kappa shape index (κ2) is 6.56. The zero-order valence-electron chi connectivity index (χ0n) is 12.8. The minimum absolute atomic E-state index is 0.555. The second-order valence-corrected chi connectivity index (χ2v) is 7.05. The smallest absolute Gasteiger partial charge is 0.00817 e. The average molecular weight is 259 g/mol. The molecule has 0 saturated heterocycles. The van der Waals surface area contributed by atoms with Crippen molar-refractivity contribution in [2.24, 2.45) is 5.41 Å². The Morgan fingerprint density at radius 3 is 2.63 bits per heavy atom. The standard InChI is InChI=1S/C18H29N/c1-15(14-16-8-5-4-6-9-16)19-17-10-7-12-18(2,3)13-11-17/h4-6,8-9,15,17,19H,7,10-14H2,1-3H3. The molecule has 0 amide bonds. The van der Waals surface area contributed by atoms with E-state index in [0.717, 1.165) is 12.5 Å². The van der Waals surface area contributed by atoms with Crippen molar-refractivity contribution in [3.8, 4) is 0 Å². The molecule has 1 aliphatic carbocycles. The van der Waals surface area contributed by atoms with Crippen LogP contribution >= 0.6 is 0 Å². The molecule has 1 aromatic carbocycles. The van der Waals surface area contributed by atoms with Gasteiger partial charge in [-0.05, 0) is 50.0 Å². The van der Waals surface area contributed by atoms with Crippen LogP contribution in [0.4, 0.5) is 0 Å². The minimum atomic E-state index is 0.555. The average Bonchev–Trinajstić information content (AvgIpc) is 2.52. The van der Waals surface area contributed by atoms with Crippen LogP contribution in [0.2, 0.25) is 0 Å². The van der Waals surface area contributed by atoms with Gasteiger partial charge >= 0.3 is 0 Å². The topological polar surface area (TPSA) is 12.0 Å². The fraction of sp³-hybridized carbons (Fsp3) is 0.667. The fourth-order valence-electron chi connectivity index (χ4n) is 3.26. The Morgan fingerprint density at radius 2 is 1.89 bits per heavy atom. The molecule has 1 fully saturated rings. The zero-order valence-corrected chi connectivity index (χ0v) is 12.8. The molecular formula is C18H29N. The monoisotopic (exact) mass is 259 g/mol. The maximum absolute atomic E-state index is 3.85. The lowest BCUT2D eigenvalue weighted by molar-refractivity contribution is 0.307. The van der Waals surface area contributed by atoms with E-state index in [-0.39, 0.29) is 0 Å². The van der Waals surface area contributed by atoms with Crippen LogP contribution < -0.4 is 5.32 Å². The summed E-state index contributed by atoms with van der Waals surface area (Å²) < 4.78 is 0. The highest BCUT2D eigenvalue weighted by Crippen LogP contribution is 2.33. The van der Waals surface area contributed by atoms with Crippen LogP contribution in [0.1, 0.15) is 58.4 Å². The molecular weight excluding hydrogens is 230 g/mol. The summed E-state index contributed by atoms with van der Waals surface area (Å²) in [5, 5.41) is 3.85. The van der Waals surface area contributed by atoms with Crippen molar-refractivity contribution in [2.45, 2.75) is 71.4 Å². The summed E-state index contributed by atoms with van der Waals surface area (Å²) in [4.78, 5) is 0. The molecule has 0 bridgehead atoms. The minimum Gasteiger partial charge on any atom is -0.311 e. The molecule has 0 radical (unpaired) electrons. The van der Waals surface area contributed by atoms with Crippen LogP contribution in [0.15, 0.2) is 30.3 Å².